The summed E-state index contributed by atoms with van der Waals surface area (Å²) in [5.74, 6) is -2.19. The molecule has 3 rings (SSSR count). The van der Waals surface area contributed by atoms with Crippen molar-refractivity contribution in [1.29, 1.82) is 0 Å². The van der Waals surface area contributed by atoms with Crippen LogP contribution in [0, 0.1) is 0 Å². The Balaban J connectivity index is 1.38. The van der Waals surface area contributed by atoms with Gasteiger partial charge in [-0.2, -0.15) is 0 Å². The van der Waals surface area contributed by atoms with Crippen LogP contribution in [0.25, 0.3) is 0 Å². The van der Waals surface area contributed by atoms with Crippen LogP contribution in [-0.4, -0.2) is 85.8 Å². The number of rotatable bonds is 11. The number of benzene rings is 1. The topological polar surface area (TPSA) is 152 Å². The van der Waals surface area contributed by atoms with E-state index in [9.17, 15) is 24.0 Å². The van der Waals surface area contributed by atoms with E-state index in [0.717, 1.165) is 4.90 Å². The van der Waals surface area contributed by atoms with Crippen LogP contribution in [0.5, 0.6) is 0 Å². The van der Waals surface area contributed by atoms with Gasteiger partial charge >= 0.3 is 6.09 Å². The molecule has 1 unspecified atom stereocenters. The Kier molecular flexibility index (Phi) is 8.99. The van der Waals surface area contributed by atoms with Gasteiger partial charge in [-0.15, -0.1) is 0 Å². The van der Waals surface area contributed by atoms with E-state index in [4.69, 9.17) is 14.2 Å². The number of piperidine rings is 1. The van der Waals surface area contributed by atoms with E-state index in [-0.39, 0.29) is 24.0 Å². The van der Waals surface area contributed by atoms with E-state index in [1.807, 2.05) is 0 Å². The maximum absolute atomic E-state index is 13.0. The zero-order valence-electron chi connectivity index (χ0n) is 20.7. The van der Waals surface area contributed by atoms with Gasteiger partial charge in [-0.25, -0.2) is 4.79 Å². The van der Waals surface area contributed by atoms with E-state index >= 15 is 0 Å². The molecule has 1 atom stereocenters. The lowest BCUT2D eigenvalue weighted by Gasteiger charge is -2.27. The van der Waals surface area contributed by atoms with Gasteiger partial charge in [-0.1, -0.05) is 6.07 Å². The molecular weight excluding hydrogens is 472 g/mol. The van der Waals surface area contributed by atoms with Gasteiger partial charge in [0.25, 0.3) is 11.8 Å². The van der Waals surface area contributed by atoms with Crippen molar-refractivity contribution in [1.82, 2.24) is 15.5 Å². The standard InChI is InChI=1S/C24H32N4O8/c1-24(2,3)36-23(33)26-10-12-35-14-13-34-11-9-25-16-6-4-5-15-19(16)22(32)28(21(15)31)17-7-8-18(29)27-20(17)30/h4-6,17,25H,7-14H2,1-3H3,(H,26,33)(H,27,29,30). The van der Waals surface area contributed by atoms with Crippen molar-refractivity contribution in [3.05, 3.63) is 29.3 Å². The summed E-state index contributed by atoms with van der Waals surface area (Å²) < 4.78 is 16.0. The summed E-state index contributed by atoms with van der Waals surface area (Å²) in [5.41, 5.74) is 0.327. The Hall–Kier alpha value is -3.51. The predicted octanol–water partition coefficient (Wildman–Crippen LogP) is 1.06. The third kappa shape index (κ3) is 7.01. The molecule has 0 bridgehead atoms. The summed E-state index contributed by atoms with van der Waals surface area (Å²) in [4.78, 5) is 62.0. The van der Waals surface area contributed by atoms with Crippen LogP contribution in [0.1, 0.15) is 54.3 Å². The zero-order valence-corrected chi connectivity index (χ0v) is 20.7. The smallest absolute Gasteiger partial charge is 0.407 e. The summed E-state index contributed by atoms with van der Waals surface area (Å²) >= 11 is 0. The van der Waals surface area contributed by atoms with Crippen molar-refractivity contribution in [2.24, 2.45) is 0 Å². The van der Waals surface area contributed by atoms with Gasteiger partial charge in [-0.3, -0.25) is 29.4 Å². The second kappa shape index (κ2) is 12.0. The fourth-order valence-electron chi connectivity index (χ4n) is 3.78. The summed E-state index contributed by atoms with van der Waals surface area (Å²) in [6.07, 6.45) is -0.330. The highest BCUT2D eigenvalue weighted by Gasteiger charge is 2.45. The molecule has 2 aliphatic rings. The molecule has 0 aliphatic carbocycles. The molecule has 3 N–H and O–H groups in total. The lowest BCUT2D eigenvalue weighted by Crippen LogP contribution is -2.54. The molecule has 12 nitrogen and oxygen atoms in total. The molecular formula is C24H32N4O8. The molecule has 36 heavy (non-hydrogen) atoms. The molecule has 196 valence electrons. The number of nitrogens with zero attached hydrogens (tertiary/aromatic N) is 1. The number of hydrogen-bond acceptors (Lipinski definition) is 9. The lowest BCUT2D eigenvalue weighted by atomic mass is 10.0. The fourth-order valence-corrected chi connectivity index (χ4v) is 3.78. The average Bonchev–Trinajstić information content (AvgIpc) is 3.05. The first-order chi connectivity index (χ1) is 17.1. The molecule has 0 aromatic heterocycles. The molecule has 2 heterocycles. The first-order valence-corrected chi connectivity index (χ1v) is 11.8. The highest BCUT2D eigenvalue weighted by atomic mass is 16.6. The summed E-state index contributed by atoms with van der Waals surface area (Å²) in [6.45, 7) is 7.36. The first kappa shape index (κ1) is 27.1. The molecule has 1 aromatic carbocycles. The van der Waals surface area contributed by atoms with E-state index in [1.165, 1.54) is 6.07 Å². The highest BCUT2D eigenvalue weighted by Crippen LogP contribution is 2.32. The van der Waals surface area contributed by atoms with Gasteiger partial charge in [0, 0.05) is 25.2 Å². The summed E-state index contributed by atoms with van der Waals surface area (Å²) in [7, 11) is 0. The SMILES string of the molecule is CC(C)(C)OC(=O)NCCOCCOCCNc1cccc2c1C(=O)N(C1CCC(=O)NC1=O)C2=O. The number of carbonyl (C=O) groups is 5. The van der Waals surface area contributed by atoms with Gasteiger partial charge in [0.05, 0.1) is 37.6 Å². The maximum atomic E-state index is 13.0. The van der Waals surface area contributed by atoms with Crippen LogP contribution in [0.3, 0.4) is 0 Å². The molecule has 0 radical (unpaired) electrons. The van der Waals surface area contributed by atoms with E-state index in [1.54, 1.807) is 32.9 Å². The van der Waals surface area contributed by atoms with Crippen LogP contribution in [0.4, 0.5) is 10.5 Å². The van der Waals surface area contributed by atoms with Crippen LogP contribution in [0.15, 0.2) is 18.2 Å². The number of imide groups is 2. The zero-order chi connectivity index (χ0) is 26.3. The molecule has 0 saturated carbocycles. The molecule has 5 amide bonds. The number of alkyl carbamates (subject to hydrolysis) is 1. The van der Waals surface area contributed by atoms with Crippen LogP contribution >= 0.6 is 0 Å². The maximum Gasteiger partial charge on any atom is 0.407 e. The van der Waals surface area contributed by atoms with Crippen molar-refractivity contribution in [3.8, 4) is 0 Å². The molecule has 0 spiro atoms. The minimum Gasteiger partial charge on any atom is -0.444 e. The Morgan fingerprint density at radius 2 is 1.72 bits per heavy atom. The summed E-state index contributed by atoms with van der Waals surface area (Å²) in [5, 5.41) is 7.87. The fraction of sp³-hybridized carbons (Fsp3) is 0.542. The normalized spacial score (nSPS) is 17.6. The van der Waals surface area contributed by atoms with Gasteiger partial charge in [0.15, 0.2) is 0 Å². The lowest BCUT2D eigenvalue weighted by molar-refractivity contribution is -0.136. The van der Waals surface area contributed by atoms with Crippen molar-refractivity contribution < 1.29 is 38.2 Å². The Morgan fingerprint density at radius 3 is 2.39 bits per heavy atom. The Bertz CT molecular complexity index is 1020. The highest BCUT2D eigenvalue weighted by molar-refractivity contribution is 6.25. The summed E-state index contributed by atoms with van der Waals surface area (Å²) in [6, 6.07) is 3.86. The minimum atomic E-state index is -1.01. The average molecular weight is 505 g/mol. The quantitative estimate of drug-likeness (QED) is 0.297. The number of amides is 5. The Labute approximate surface area is 209 Å². The number of carbonyl (C=O) groups excluding carboxylic acids is 5. The van der Waals surface area contributed by atoms with Crippen LogP contribution in [0.2, 0.25) is 0 Å². The van der Waals surface area contributed by atoms with Gasteiger partial charge < -0.3 is 24.8 Å². The predicted molar refractivity (Wildman–Crippen MR) is 127 cm³/mol. The third-order valence-electron chi connectivity index (χ3n) is 5.32. The number of nitrogens with one attached hydrogen (secondary N) is 3. The van der Waals surface area contributed by atoms with E-state index in [2.05, 4.69) is 16.0 Å². The monoisotopic (exact) mass is 504 g/mol. The van der Waals surface area contributed by atoms with Crippen LogP contribution < -0.4 is 16.0 Å². The van der Waals surface area contributed by atoms with Crippen LogP contribution in [-0.2, 0) is 23.8 Å². The van der Waals surface area contributed by atoms with Crippen molar-refractivity contribution >= 4 is 35.4 Å². The Morgan fingerprint density at radius 1 is 1.03 bits per heavy atom. The van der Waals surface area contributed by atoms with Crippen molar-refractivity contribution in [2.75, 3.05) is 44.8 Å². The molecule has 1 aromatic rings. The molecule has 1 saturated heterocycles. The number of fused-ring (bicyclic) bond motifs is 1. The second-order valence-corrected chi connectivity index (χ2v) is 9.26. The number of hydrogen-bond donors (Lipinski definition) is 3. The van der Waals surface area contributed by atoms with Crippen molar-refractivity contribution in [3.63, 3.8) is 0 Å². The second-order valence-electron chi connectivity index (χ2n) is 9.26. The van der Waals surface area contributed by atoms with Gasteiger partial charge in [0.1, 0.15) is 11.6 Å². The largest absolute Gasteiger partial charge is 0.444 e. The molecule has 2 aliphatic heterocycles. The van der Waals surface area contributed by atoms with Crippen molar-refractivity contribution in [2.45, 2.75) is 45.3 Å². The number of ether oxygens (including phenoxy) is 3. The van der Waals surface area contributed by atoms with E-state index < -0.39 is 41.4 Å². The van der Waals surface area contributed by atoms with E-state index in [0.29, 0.717) is 45.2 Å². The third-order valence-corrected chi connectivity index (χ3v) is 5.32. The van der Waals surface area contributed by atoms with Gasteiger partial charge in [0.2, 0.25) is 11.8 Å². The minimum absolute atomic E-state index is 0.0657. The molecule has 1 fully saturated rings. The molecule has 12 heteroatoms. The number of anilines is 1. The van der Waals surface area contributed by atoms with Gasteiger partial charge in [-0.05, 0) is 39.3 Å². The first-order valence-electron chi connectivity index (χ1n) is 11.8.